The van der Waals surface area contributed by atoms with Crippen LogP contribution in [-0.4, -0.2) is 60.8 Å². The van der Waals surface area contributed by atoms with Crippen LogP contribution in [0.4, 0.5) is 0 Å². The fourth-order valence-corrected chi connectivity index (χ4v) is 3.80. The zero-order valence-corrected chi connectivity index (χ0v) is 19.4. The molecular formula is C23H30ClN3O4. The smallest absolute Gasteiger partial charge is 0.246 e. The maximum absolute atomic E-state index is 12.7. The van der Waals surface area contributed by atoms with Crippen LogP contribution in [0.2, 0.25) is 5.02 Å². The van der Waals surface area contributed by atoms with E-state index >= 15 is 0 Å². The highest BCUT2D eigenvalue weighted by Gasteiger charge is 2.22. The Labute approximate surface area is 188 Å². The van der Waals surface area contributed by atoms with Crippen LogP contribution in [0.15, 0.2) is 22.7 Å². The third kappa shape index (κ3) is 5.80. The zero-order chi connectivity index (χ0) is 22.4. The third-order valence-electron chi connectivity index (χ3n) is 5.37. The van der Waals surface area contributed by atoms with E-state index in [0.717, 1.165) is 48.6 Å². The van der Waals surface area contributed by atoms with Gasteiger partial charge in [-0.25, -0.2) is 0 Å². The van der Waals surface area contributed by atoms with Crippen molar-refractivity contribution < 1.29 is 18.8 Å². The maximum atomic E-state index is 12.7. The molecule has 0 aliphatic carbocycles. The van der Waals surface area contributed by atoms with Crippen LogP contribution in [0.3, 0.4) is 0 Å². The molecular weight excluding hydrogens is 418 g/mol. The second-order valence-corrected chi connectivity index (χ2v) is 8.03. The van der Waals surface area contributed by atoms with E-state index in [1.54, 1.807) is 25.3 Å². The van der Waals surface area contributed by atoms with Crippen LogP contribution in [0.1, 0.15) is 35.9 Å². The zero-order valence-electron chi connectivity index (χ0n) is 18.6. The summed E-state index contributed by atoms with van der Waals surface area (Å²) in [6.07, 6.45) is 4.22. The molecule has 1 amide bonds. The largest absolute Gasteiger partial charge is 0.493 e. The number of rotatable bonds is 8. The fraction of sp³-hybridized carbons (Fsp3) is 0.478. The van der Waals surface area contributed by atoms with Crippen molar-refractivity contribution in [3.05, 3.63) is 45.8 Å². The van der Waals surface area contributed by atoms with Gasteiger partial charge in [0.25, 0.3) is 0 Å². The van der Waals surface area contributed by atoms with Crippen molar-refractivity contribution in [1.29, 1.82) is 0 Å². The normalized spacial score (nSPS) is 14.9. The Morgan fingerprint density at radius 3 is 2.61 bits per heavy atom. The minimum absolute atomic E-state index is 0.0154. The number of hydrogen-bond acceptors (Lipinski definition) is 6. The Bertz CT molecular complexity index is 914. The van der Waals surface area contributed by atoms with Crippen molar-refractivity contribution in [2.75, 3.05) is 39.9 Å². The number of methoxy groups -OCH3 is 1. The second-order valence-electron chi connectivity index (χ2n) is 7.62. The number of aromatic nitrogens is 1. The van der Waals surface area contributed by atoms with E-state index in [1.165, 1.54) is 0 Å². The molecule has 2 aromatic rings. The summed E-state index contributed by atoms with van der Waals surface area (Å²) in [4.78, 5) is 16.8. The van der Waals surface area contributed by atoms with Gasteiger partial charge in [0, 0.05) is 44.4 Å². The molecule has 0 saturated carbocycles. The molecule has 0 spiro atoms. The second kappa shape index (κ2) is 10.7. The Morgan fingerprint density at radius 2 is 2.00 bits per heavy atom. The van der Waals surface area contributed by atoms with E-state index in [1.807, 2.05) is 31.7 Å². The molecule has 7 nitrogen and oxygen atoms in total. The van der Waals surface area contributed by atoms with E-state index in [4.69, 9.17) is 25.6 Å². The number of halogens is 1. The molecule has 0 radical (unpaired) electrons. The third-order valence-corrected chi connectivity index (χ3v) is 5.65. The number of benzene rings is 1. The lowest BCUT2D eigenvalue weighted by Crippen LogP contribution is -2.47. The van der Waals surface area contributed by atoms with Crippen molar-refractivity contribution in [2.45, 2.75) is 33.7 Å². The lowest BCUT2D eigenvalue weighted by molar-refractivity contribution is -0.127. The number of hydrogen-bond donors (Lipinski definition) is 0. The molecule has 2 heterocycles. The average Bonchev–Trinajstić information content (AvgIpc) is 3.09. The maximum Gasteiger partial charge on any atom is 0.246 e. The standard InChI is InChI=1S/C23H30ClN3O4/c1-5-12-30-23-20(24)13-18(14-21(23)29-4)6-7-22(28)27-10-8-26(9-11-27)15-19-16(2)25-31-17(19)3/h6-7,13-14H,5,8-12,15H2,1-4H3. The molecule has 3 rings (SSSR count). The lowest BCUT2D eigenvalue weighted by atomic mass is 10.1. The molecule has 1 fully saturated rings. The van der Waals surface area contributed by atoms with Gasteiger partial charge in [-0.3, -0.25) is 9.69 Å². The van der Waals surface area contributed by atoms with Crippen LogP contribution in [0, 0.1) is 13.8 Å². The van der Waals surface area contributed by atoms with Gasteiger partial charge in [-0.15, -0.1) is 0 Å². The van der Waals surface area contributed by atoms with Crippen LogP contribution >= 0.6 is 11.6 Å². The number of ether oxygens (including phenoxy) is 2. The molecule has 168 valence electrons. The average molecular weight is 448 g/mol. The van der Waals surface area contributed by atoms with Crippen molar-refractivity contribution in [3.8, 4) is 11.5 Å². The first kappa shape index (κ1) is 23.2. The van der Waals surface area contributed by atoms with Crippen LogP contribution < -0.4 is 9.47 Å². The molecule has 1 aliphatic rings. The van der Waals surface area contributed by atoms with Gasteiger partial charge in [0.1, 0.15) is 5.76 Å². The van der Waals surface area contributed by atoms with Gasteiger partial charge in [0.15, 0.2) is 11.5 Å². The lowest BCUT2D eigenvalue weighted by Gasteiger charge is -2.34. The molecule has 0 unspecified atom stereocenters. The molecule has 31 heavy (non-hydrogen) atoms. The summed E-state index contributed by atoms with van der Waals surface area (Å²) in [6.45, 7) is 10.3. The van der Waals surface area contributed by atoms with Crippen molar-refractivity contribution >= 4 is 23.6 Å². The summed E-state index contributed by atoms with van der Waals surface area (Å²) in [6, 6.07) is 3.60. The number of amides is 1. The Kier molecular flexibility index (Phi) is 7.98. The highest BCUT2D eigenvalue weighted by Crippen LogP contribution is 2.36. The van der Waals surface area contributed by atoms with Crippen molar-refractivity contribution in [3.63, 3.8) is 0 Å². The fourth-order valence-electron chi connectivity index (χ4n) is 3.53. The molecule has 0 atom stereocenters. The van der Waals surface area contributed by atoms with E-state index in [2.05, 4.69) is 10.1 Å². The predicted molar refractivity (Wildman–Crippen MR) is 121 cm³/mol. The Hall–Kier alpha value is -2.51. The molecule has 0 N–H and O–H groups in total. The summed E-state index contributed by atoms with van der Waals surface area (Å²) in [5.74, 6) is 1.93. The van der Waals surface area contributed by atoms with Gasteiger partial charge < -0.3 is 18.9 Å². The van der Waals surface area contributed by atoms with E-state index < -0.39 is 0 Å². The van der Waals surface area contributed by atoms with Gasteiger partial charge in [-0.2, -0.15) is 0 Å². The first-order valence-corrected chi connectivity index (χ1v) is 10.9. The predicted octanol–water partition coefficient (Wildman–Crippen LogP) is 4.10. The summed E-state index contributed by atoms with van der Waals surface area (Å²) in [7, 11) is 1.57. The summed E-state index contributed by atoms with van der Waals surface area (Å²) in [5, 5.41) is 4.48. The van der Waals surface area contributed by atoms with Gasteiger partial charge in [-0.05, 0) is 44.0 Å². The molecule has 8 heteroatoms. The first-order chi connectivity index (χ1) is 14.9. The molecule has 0 bridgehead atoms. The Morgan fingerprint density at radius 1 is 1.26 bits per heavy atom. The van der Waals surface area contributed by atoms with Crippen LogP contribution in [-0.2, 0) is 11.3 Å². The summed E-state index contributed by atoms with van der Waals surface area (Å²) >= 11 is 6.36. The van der Waals surface area contributed by atoms with Crippen molar-refractivity contribution in [2.24, 2.45) is 0 Å². The van der Waals surface area contributed by atoms with Crippen molar-refractivity contribution in [1.82, 2.24) is 15.0 Å². The highest BCUT2D eigenvalue weighted by atomic mass is 35.5. The molecule has 1 saturated heterocycles. The monoisotopic (exact) mass is 447 g/mol. The highest BCUT2D eigenvalue weighted by molar-refractivity contribution is 6.32. The van der Waals surface area contributed by atoms with Crippen LogP contribution in [0.25, 0.3) is 6.08 Å². The molecule has 1 aliphatic heterocycles. The quantitative estimate of drug-likeness (QED) is 0.567. The van der Waals surface area contributed by atoms with Crippen LogP contribution in [0.5, 0.6) is 11.5 Å². The SMILES string of the molecule is CCCOc1c(Cl)cc(C=CC(=O)N2CCN(Cc3c(C)noc3C)CC2)cc1OC. The Balaban J connectivity index is 1.57. The molecule has 1 aromatic heterocycles. The number of carbonyl (C=O) groups excluding carboxylic acids is 1. The minimum atomic E-state index is -0.0154. The van der Waals surface area contributed by atoms with E-state index in [0.29, 0.717) is 36.2 Å². The number of aryl methyl sites for hydroxylation is 2. The number of nitrogens with zero attached hydrogens (tertiary/aromatic N) is 3. The number of carbonyl (C=O) groups is 1. The van der Waals surface area contributed by atoms with E-state index in [-0.39, 0.29) is 5.91 Å². The van der Waals surface area contributed by atoms with E-state index in [9.17, 15) is 4.79 Å². The molecule has 1 aromatic carbocycles. The van der Waals surface area contributed by atoms with Gasteiger partial charge in [0.2, 0.25) is 5.91 Å². The summed E-state index contributed by atoms with van der Waals surface area (Å²) < 4.78 is 16.3. The minimum Gasteiger partial charge on any atom is -0.493 e. The van der Waals surface area contributed by atoms with Gasteiger partial charge in [0.05, 0.1) is 24.4 Å². The summed E-state index contributed by atoms with van der Waals surface area (Å²) in [5.41, 5.74) is 2.85. The number of piperazine rings is 1. The topological polar surface area (TPSA) is 68.0 Å². The van der Waals surface area contributed by atoms with Gasteiger partial charge in [-0.1, -0.05) is 23.7 Å². The first-order valence-electron chi connectivity index (χ1n) is 10.5. The van der Waals surface area contributed by atoms with Gasteiger partial charge >= 0.3 is 0 Å².